The lowest BCUT2D eigenvalue weighted by Crippen LogP contribution is -2.46. The molecule has 2 fully saturated rings. The van der Waals surface area contributed by atoms with E-state index in [4.69, 9.17) is 0 Å². The summed E-state index contributed by atoms with van der Waals surface area (Å²) in [4.78, 5) is 34.6. The van der Waals surface area contributed by atoms with Crippen molar-refractivity contribution in [1.29, 1.82) is 0 Å². The Labute approximate surface area is 143 Å². The Balaban J connectivity index is 1.55. The van der Waals surface area contributed by atoms with Crippen LogP contribution in [0.2, 0.25) is 0 Å². The summed E-state index contributed by atoms with van der Waals surface area (Å²) in [5, 5.41) is 0. The molecular formula is C18H26N4O2. The molecule has 0 atom stereocenters. The topological polar surface area (TPSA) is 56.8 Å². The van der Waals surface area contributed by atoms with Crippen molar-refractivity contribution < 1.29 is 9.59 Å². The van der Waals surface area contributed by atoms with Gasteiger partial charge in [-0.3, -0.25) is 19.5 Å². The molecule has 1 spiro atoms. The predicted molar refractivity (Wildman–Crippen MR) is 91.1 cm³/mol. The van der Waals surface area contributed by atoms with Crippen LogP contribution in [0.1, 0.15) is 24.8 Å². The molecular weight excluding hydrogens is 304 g/mol. The average Bonchev–Trinajstić information content (AvgIpc) is 2.87. The number of hydrogen-bond donors (Lipinski definition) is 0. The molecule has 0 bridgehead atoms. The van der Waals surface area contributed by atoms with Crippen molar-refractivity contribution in [2.75, 3.05) is 40.3 Å². The van der Waals surface area contributed by atoms with Crippen LogP contribution < -0.4 is 0 Å². The van der Waals surface area contributed by atoms with E-state index in [0.717, 1.165) is 38.9 Å². The Morgan fingerprint density at radius 1 is 1.25 bits per heavy atom. The van der Waals surface area contributed by atoms with E-state index in [0.29, 0.717) is 6.54 Å². The van der Waals surface area contributed by atoms with Crippen LogP contribution in [0.5, 0.6) is 0 Å². The second-order valence-corrected chi connectivity index (χ2v) is 7.18. The van der Waals surface area contributed by atoms with Crippen molar-refractivity contribution in [3.05, 3.63) is 30.1 Å². The number of amides is 2. The zero-order valence-corrected chi connectivity index (χ0v) is 14.6. The van der Waals surface area contributed by atoms with Gasteiger partial charge in [0, 0.05) is 39.6 Å². The molecule has 0 aromatic carbocycles. The molecule has 2 aliphatic rings. The van der Waals surface area contributed by atoms with Gasteiger partial charge in [0.25, 0.3) is 0 Å². The Morgan fingerprint density at radius 2 is 1.96 bits per heavy atom. The summed E-state index contributed by atoms with van der Waals surface area (Å²) >= 11 is 0. The summed E-state index contributed by atoms with van der Waals surface area (Å²) in [6, 6.07) is 4.05. The minimum absolute atomic E-state index is 0.00517. The molecule has 6 nitrogen and oxygen atoms in total. The summed E-state index contributed by atoms with van der Waals surface area (Å²) in [6.07, 6.45) is 6.35. The fourth-order valence-electron chi connectivity index (χ4n) is 3.70. The van der Waals surface area contributed by atoms with Crippen LogP contribution in [0.3, 0.4) is 0 Å². The van der Waals surface area contributed by atoms with E-state index in [2.05, 4.69) is 16.0 Å². The van der Waals surface area contributed by atoms with Crippen molar-refractivity contribution in [3.63, 3.8) is 0 Å². The third-order valence-corrected chi connectivity index (χ3v) is 5.37. The monoisotopic (exact) mass is 330 g/mol. The fourth-order valence-corrected chi connectivity index (χ4v) is 3.70. The SMILES string of the molecule is CN(C)C(=O)CN1CCC2(CCN(Cc3cccnc3)CC2)C1=O. The van der Waals surface area contributed by atoms with E-state index in [-0.39, 0.29) is 23.8 Å². The van der Waals surface area contributed by atoms with Crippen molar-refractivity contribution in [1.82, 2.24) is 19.7 Å². The van der Waals surface area contributed by atoms with E-state index in [1.54, 1.807) is 30.1 Å². The van der Waals surface area contributed by atoms with Crippen LogP contribution >= 0.6 is 0 Å². The van der Waals surface area contributed by atoms with Crippen molar-refractivity contribution in [3.8, 4) is 0 Å². The molecule has 3 heterocycles. The Bertz CT molecular complexity index is 594. The van der Waals surface area contributed by atoms with Crippen LogP contribution in [-0.4, -0.2) is 71.8 Å². The third kappa shape index (κ3) is 3.43. The molecule has 0 radical (unpaired) electrons. The molecule has 1 aromatic heterocycles. The number of likely N-dealkylation sites (N-methyl/N-ethyl adjacent to an activating group) is 1. The van der Waals surface area contributed by atoms with Crippen molar-refractivity contribution >= 4 is 11.8 Å². The second kappa shape index (κ2) is 6.89. The number of nitrogens with zero attached hydrogens (tertiary/aromatic N) is 4. The van der Waals surface area contributed by atoms with Gasteiger partial charge in [-0.15, -0.1) is 0 Å². The van der Waals surface area contributed by atoms with Gasteiger partial charge in [-0.1, -0.05) is 6.07 Å². The molecule has 130 valence electrons. The molecule has 0 unspecified atom stereocenters. The molecule has 0 aliphatic carbocycles. The Hall–Kier alpha value is -1.95. The van der Waals surface area contributed by atoms with Crippen LogP contribution in [-0.2, 0) is 16.1 Å². The fraction of sp³-hybridized carbons (Fsp3) is 0.611. The van der Waals surface area contributed by atoms with Crippen LogP contribution in [0, 0.1) is 5.41 Å². The van der Waals surface area contributed by atoms with Gasteiger partial charge >= 0.3 is 0 Å². The van der Waals surface area contributed by atoms with Crippen LogP contribution in [0.15, 0.2) is 24.5 Å². The van der Waals surface area contributed by atoms with Gasteiger partial charge in [0.1, 0.15) is 0 Å². The number of hydrogen-bond acceptors (Lipinski definition) is 4. The number of aromatic nitrogens is 1. The molecule has 2 saturated heterocycles. The molecule has 2 amide bonds. The standard InChI is InChI=1S/C18H26N4O2/c1-20(2)16(23)14-22-11-7-18(17(22)24)5-9-21(10-6-18)13-15-4-3-8-19-12-15/h3-4,8,12H,5-7,9-11,13-14H2,1-2H3. The highest BCUT2D eigenvalue weighted by atomic mass is 16.2. The maximum absolute atomic E-state index is 12.8. The summed E-state index contributed by atoms with van der Waals surface area (Å²) in [5.41, 5.74) is 0.974. The van der Waals surface area contributed by atoms with Gasteiger partial charge in [0.05, 0.1) is 12.0 Å². The van der Waals surface area contributed by atoms with Crippen molar-refractivity contribution in [2.45, 2.75) is 25.8 Å². The second-order valence-electron chi connectivity index (χ2n) is 7.18. The van der Waals surface area contributed by atoms with E-state index < -0.39 is 0 Å². The molecule has 0 saturated carbocycles. The first-order chi connectivity index (χ1) is 11.5. The zero-order valence-electron chi connectivity index (χ0n) is 14.6. The van der Waals surface area contributed by atoms with Crippen LogP contribution in [0.4, 0.5) is 0 Å². The number of piperidine rings is 1. The lowest BCUT2D eigenvalue weighted by atomic mass is 9.77. The molecule has 6 heteroatoms. The molecule has 0 N–H and O–H groups in total. The van der Waals surface area contributed by atoms with Gasteiger partial charge in [0.15, 0.2) is 0 Å². The predicted octanol–water partition coefficient (Wildman–Crippen LogP) is 0.984. The Morgan fingerprint density at radius 3 is 2.58 bits per heavy atom. The highest BCUT2D eigenvalue weighted by molar-refractivity contribution is 5.89. The third-order valence-electron chi connectivity index (χ3n) is 5.37. The molecule has 1 aromatic rings. The van der Waals surface area contributed by atoms with E-state index in [1.807, 2.05) is 12.3 Å². The van der Waals surface area contributed by atoms with E-state index in [1.165, 1.54) is 5.56 Å². The Kier molecular flexibility index (Phi) is 4.85. The average molecular weight is 330 g/mol. The van der Waals surface area contributed by atoms with Gasteiger partial charge in [-0.05, 0) is 44.0 Å². The quantitative estimate of drug-likeness (QED) is 0.826. The minimum atomic E-state index is -0.238. The number of likely N-dealkylation sites (tertiary alicyclic amines) is 2. The summed E-state index contributed by atoms with van der Waals surface area (Å²) in [6.45, 7) is 3.67. The lowest BCUT2D eigenvalue weighted by molar-refractivity contribution is -0.143. The molecule has 3 rings (SSSR count). The lowest BCUT2D eigenvalue weighted by Gasteiger charge is -2.38. The maximum atomic E-state index is 12.8. The highest BCUT2D eigenvalue weighted by Crippen LogP contribution is 2.41. The zero-order chi connectivity index (χ0) is 17.2. The van der Waals surface area contributed by atoms with Gasteiger partial charge in [-0.2, -0.15) is 0 Å². The van der Waals surface area contributed by atoms with Gasteiger partial charge < -0.3 is 9.80 Å². The smallest absolute Gasteiger partial charge is 0.241 e. The normalized spacial score (nSPS) is 20.6. The summed E-state index contributed by atoms with van der Waals surface area (Å²) in [7, 11) is 3.46. The number of carbonyl (C=O) groups excluding carboxylic acids is 2. The number of carbonyl (C=O) groups is 2. The first-order valence-corrected chi connectivity index (χ1v) is 8.61. The first kappa shape index (κ1) is 16.9. The van der Waals surface area contributed by atoms with Crippen molar-refractivity contribution in [2.24, 2.45) is 5.41 Å². The molecule has 24 heavy (non-hydrogen) atoms. The van der Waals surface area contributed by atoms with Crippen LogP contribution in [0.25, 0.3) is 0 Å². The summed E-state index contributed by atoms with van der Waals surface area (Å²) < 4.78 is 0. The summed E-state index contributed by atoms with van der Waals surface area (Å²) in [5.74, 6) is 0.174. The molecule has 2 aliphatic heterocycles. The largest absolute Gasteiger partial charge is 0.347 e. The van der Waals surface area contributed by atoms with Gasteiger partial charge in [0.2, 0.25) is 11.8 Å². The van der Waals surface area contributed by atoms with Gasteiger partial charge in [-0.25, -0.2) is 0 Å². The number of pyridine rings is 1. The van der Waals surface area contributed by atoms with E-state index in [9.17, 15) is 9.59 Å². The minimum Gasteiger partial charge on any atom is -0.347 e. The number of rotatable bonds is 4. The van der Waals surface area contributed by atoms with E-state index >= 15 is 0 Å². The maximum Gasteiger partial charge on any atom is 0.241 e. The first-order valence-electron chi connectivity index (χ1n) is 8.61. The highest BCUT2D eigenvalue weighted by Gasteiger charge is 2.48.